The number of hydrogen-bond acceptors (Lipinski definition) is 4. The number of hydrogen-bond donors (Lipinski definition) is 1. The molecule has 22 heavy (non-hydrogen) atoms. The lowest BCUT2D eigenvalue weighted by molar-refractivity contribution is 0.318. The zero-order valence-corrected chi connectivity index (χ0v) is 14.9. The SMILES string of the molecule is Cc1ccc(S(=O)(=O)NCCOc2c(C)ccc(C)c2C)s1. The van der Waals surface area contributed by atoms with E-state index in [0.29, 0.717) is 10.8 Å². The van der Waals surface area contributed by atoms with Crippen LogP contribution in [0.1, 0.15) is 21.6 Å². The van der Waals surface area contributed by atoms with Crippen LogP contribution in [-0.4, -0.2) is 21.6 Å². The van der Waals surface area contributed by atoms with E-state index in [9.17, 15) is 8.42 Å². The predicted molar refractivity (Wildman–Crippen MR) is 90.4 cm³/mol. The Morgan fingerprint density at radius 2 is 1.73 bits per heavy atom. The zero-order chi connectivity index (χ0) is 16.3. The van der Waals surface area contributed by atoms with Gasteiger partial charge < -0.3 is 4.74 Å². The summed E-state index contributed by atoms with van der Waals surface area (Å²) in [5.41, 5.74) is 3.31. The Balaban J connectivity index is 1.94. The van der Waals surface area contributed by atoms with Crippen molar-refractivity contribution in [1.29, 1.82) is 0 Å². The maximum absolute atomic E-state index is 12.1. The van der Waals surface area contributed by atoms with Gasteiger partial charge in [-0.2, -0.15) is 0 Å². The third kappa shape index (κ3) is 3.88. The van der Waals surface area contributed by atoms with Gasteiger partial charge in [0, 0.05) is 11.4 Å². The van der Waals surface area contributed by atoms with E-state index in [2.05, 4.69) is 10.8 Å². The lowest BCUT2D eigenvalue weighted by Crippen LogP contribution is -2.27. The summed E-state index contributed by atoms with van der Waals surface area (Å²) in [6.45, 7) is 8.46. The van der Waals surface area contributed by atoms with Crippen molar-refractivity contribution < 1.29 is 13.2 Å². The van der Waals surface area contributed by atoms with Crippen LogP contribution in [0.25, 0.3) is 0 Å². The summed E-state index contributed by atoms with van der Waals surface area (Å²) in [4.78, 5) is 0.975. The maximum Gasteiger partial charge on any atom is 0.250 e. The van der Waals surface area contributed by atoms with Crippen LogP contribution in [0.2, 0.25) is 0 Å². The summed E-state index contributed by atoms with van der Waals surface area (Å²) in [6.07, 6.45) is 0. The highest BCUT2D eigenvalue weighted by molar-refractivity contribution is 7.91. The van der Waals surface area contributed by atoms with Gasteiger partial charge in [-0.25, -0.2) is 13.1 Å². The molecule has 6 heteroatoms. The fourth-order valence-corrected chi connectivity index (χ4v) is 4.45. The molecule has 2 aromatic rings. The Morgan fingerprint density at radius 1 is 1.05 bits per heavy atom. The highest BCUT2D eigenvalue weighted by atomic mass is 32.2. The van der Waals surface area contributed by atoms with Crippen molar-refractivity contribution in [2.45, 2.75) is 31.9 Å². The molecule has 0 amide bonds. The van der Waals surface area contributed by atoms with Gasteiger partial charge in [-0.05, 0) is 56.5 Å². The van der Waals surface area contributed by atoms with Gasteiger partial charge in [0.05, 0.1) is 0 Å². The largest absolute Gasteiger partial charge is 0.492 e. The van der Waals surface area contributed by atoms with Crippen molar-refractivity contribution in [3.05, 3.63) is 45.8 Å². The highest BCUT2D eigenvalue weighted by Crippen LogP contribution is 2.25. The molecule has 1 N–H and O–H groups in total. The Morgan fingerprint density at radius 3 is 2.36 bits per heavy atom. The molecule has 0 unspecified atom stereocenters. The Labute approximate surface area is 136 Å². The molecule has 120 valence electrons. The molecule has 0 aliphatic heterocycles. The monoisotopic (exact) mass is 339 g/mol. The van der Waals surface area contributed by atoms with E-state index in [0.717, 1.165) is 27.3 Å². The molecular formula is C16H21NO3S2. The summed E-state index contributed by atoms with van der Waals surface area (Å²) in [5, 5.41) is 0. The van der Waals surface area contributed by atoms with Gasteiger partial charge in [-0.3, -0.25) is 0 Å². The van der Waals surface area contributed by atoms with Crippen LogP contribution in [0.15, 0.2) is 28.5 Å². The number of benzene rings is 1. The molecule has 0 bridgehead atoms. The van der Waals surface area contributed by atoms with Crippen molar-refractivity contribution in [2.75, 3.05) is 13.2 Å². The van der Waals surface area contributed by atoms with Crippen LogP contribution >= 0.6 is 11.3 Å². The van der Waals surface area contributed by atoms with Crippen LogP contribution in [0.3, 0.4) is 0 Å². The van der Waals surface area contributed by atoms with E-state index in [1.807, 2.05) is 33.8 Å². The molecule has 2 rings (SSSR count). The average Bonchev–Trinajstić information content (AvgIpc) is 2.90. The van der Waals surface area contributed by atoms with Gasteiger partial charge in [-0.1, -0.05) is 12.1 Å². The predicted octanol–water partition coefficient (Wildman–Crippen LogP) is 3.34. The molecule has 0 radical (unpaired) electrons. The number of thiophene rings is 1. The third-order valence-corrected chi connectivity index (χ3v) is 6.45. The van der Waals surface area contributed by atoms with Crippen molar-refractivity contribution in [2.24, 2.45) is 0 Å². The van der Waals surface area contributed by atoms with Crippen molar-refractivity contribution in [3.63, 3.8) is 0 Å². The number of rotatable bonds is 6. The zero-order valence-electron chi connectivity index (χ0n) is 13.3. The van der Waals surface area contributed by atoms with Crippen LogP contribution < -0.4 is 9.46 Å². The quantitative estimate of drug-likeness (QED) is 0.821. The fourth-order valence-electron chi connectivity index (χ4n) is 2.10. The third-order valence-electron chi connectivity index (χ3n) is 3.49. The topological polar surface area (TPSA) is 55.4 Å². The number of ether oxygens (including phenoxy) is 1. The summed E-state index contributed by atoms with van der Waals surface area (Å²) in [6, 6.07) is 7.49. The van der Waals surface area contributed by atoms with E-state index in [1.54, 1.807) is 12.1 Å². The minimum Gasteiger partial charge on any atom is -0.492 e. The van der Waals surface area contributed by atoms with Crippen molar-refractivity contribution in [3.8, 4) is 5.75 Å². The van der Waals surface area contributed by atoms with Gasteiger partial charge in [0.25, 0.3) is 0 Å². The molecule has 4 nitrogen and oxygen atoms in total. The van der Waals surface area contributed by atoms with Gasteiger partial charge in [0.1, 0.15) is 16.6 Å². The van der Waals surface area contributed by atoms with Crippen LogP contribution in [0.4, 0.5) is 0 Å². The molecule has 1 heterocycles. The smallest absolute Gasteiger partial charge is 0.250 e. The average molecular weight is 339 g/mol. The first-order valence-electron chi connectivity index (χ1n) is 7.07. The minimum atomic E-state index is -3.43. The van der Waals surface area contributed by atoms with Gasteiger partial charge in [-0.15, -0.1) is 11.3 Å². The second-order valence-corrected chi connectivity index (χ2v) is 8.55. The minimum absolute atomic E-state index is 0.242. The maximum atomic E-state index is 12.1. The lowest BCUT2D eigenvalue weighted by atomic mass is 10.1. The van der Waals surface area contributed by atoms with Crippen molar-refractivity contribution in [1.82, 2.24) is 4.72 Å². The number of aryl methyl sites for hydroxylation is 3. The van der Waals surface area contributed by atoms with Gasteiger partial charge >= 0.3 is 0 Å². The first kappa shape index (κ1) is 17.0. The molecule has 0 fully saturated rings. The second kappa shape index (κ2) is 6.81. The summed E-state index contributed by atoms with van der Waals surface area (Å²) < 4.78 is 32.8. The molecular weight excluding hydrogens is 318 g/mol. The summed E-state index contributed by atoms with van der Waals surface area (Å²) >= 11 is 1.26. The molecule has 0 saturated heterocycles. The summed E-state index contributed by atoms with van der Waals surface area (Å²) in [5.74, 6) is 0.839. The number of sulfonamides is 1. The lowest BCUT2D eigenvalue weighted by Gasteiger charge is -2.14. The molecule has 0 aliphatic carbocycles. The van der Waals surface area contributed by atoms with Crippen LogP contribution in [0.5, 0.6) is 5.75 Å². The van der Waals surface area contributed by atoms with E-state index in [-0.39, 0.29) is 6.54 Å². The standard InChI is InChI=1S/C16H21NO3S2/c1-11-5-6-12(2)16(14(11)4)20-10-9-17-22(18,19)15-8-7-13(3)21-15/h5-8,17H,9-10H2,1-4H3. The second-order valence-electron chi connectivity index (χ2n) is 5.26. The molecule has 0 spiro atoms. The number of nitrogens with one attached hydrogen (secondary N) is 1. The molecule has 0 aliphatic rings. The van der Waals surface area contributed by atoms with E-state index in [4.69, 9.17) is 4.74 Å². The first-order chi connectivity index (χ1) is 10.3. The summed E-state index contributed by atoms with van der Waals surface area (Å²) in [7, 11) is -3.43. The Hall–Kier alpha value is -1.37. The van der Waals surface area contributed by atoms with Crippen LogP contribution in [0, 0.1) is 27.7 Å². The highest BCUT2D eigenvalue weighted by Gasteiger charge is 2.15. The molecule has 1 aromatic carbocycles. The van der Waals surface area contributed by atoms with E-state index < -0.39 is 10.0 Å². The normalized spacial score (nSPS) is 11.6. The molecule has 1 aromatic heterocycles. The van der Waals surface area contributed by atoms with Crippen LogP contribution in [-0.2, 0) is 10.0 Å². The first-order valence-corrected chi connectivity index (χ1v) is 9.37. The Bertz CT molecular complexity index is 764. The van der Waals surface area contributed by atoms with Gasteiger partial charge in [0.2, 0.25) is 10.0 Å². The fraction of sp³-hybridized carbons (Fsp3) is 0.375. The van der Waals surface area contributed by atoms with Gasteiger partial charge in [0.15, 0.2) is 0 Å². The van der Waals surface area contributed by atoms with E-state index in [1.165, 1.54) is 11.3 Å². The molecule has 0 saturated carbocycles. The Kier molecular flexibility index (Phi) is 5.26. The van der Waals surface area contributed by atoms with Crippen molar-refractivity contribution >= 4 is 21.4 Å². The van der Waals surface area contributed by atoms with E-state index >= 15 is 0 Å². The molecule has 0 atom stereocenters.